The van der Waals surface area contributed by atoms with Crippen LogP contribution in [0.1, 0.15) is 5.56 Å². The van der Waals surface area contributed by atoms with E-state index in [0.717, 1.165) is 32.7 Å². The minimum absolute atomic E-state index is 0.485. The minimum Gasteiger partial charge on any atom is -0.329 e. The van der Waals surface area contributed by atoms with Crippen LogP contribution in [0, 0.1) is 0 Å². The summed E-state index contributed by atoms with van der Waals surface area (Å²) in [6, 6.07) is 11.1. The van der Waals surface area contributed by atoms with Crippen molar-refractivity contribution < 1.29 is 0 Å². The molecule has 1 saturated heterocycles. The Morgan fingerprint density at radius 2 is 2.13 bits per heavy atom. The van der Waals surface area contributed by atoms with Crippen molar-refractivity contribution in [3.05, 3.63) is 35.9 Å². The van der Waals surface area contributed by atoms with Crippen molar-refractivity contribution in [3.63, 3.8) is 0 Å². The first-order valence-electron chi connectivity index (χ1n) is 5.59. The Kier molecular flexibility index (Phi) is 3.72. The van der Waals surface area contributed by atoms with Crippen LogP contribution in [0.3, 0.4) is 0 Å². The third kappa shape index (κ3) is 2.78. The summed E-state index contributed by atoms with van der Waals surface area (Å²) in [5, 5.41) is 3.38. The van der Waals surface area contributed by atoms with Gasteiger partial charge in [0, 0.05) is 38.8 Å². The molecule has 0 bridgehead atoms. The van der Waals surface area contributed by atoms with Gasteiger partial charge in [0.05, 0.1) is 0 Å². The molecule has 15 heavy (non-hydrogen) atoms. The molecule has 0 aromatic heterocycles. The standard InChI is InChI=1S/C12H19N3/c13-8-12-9-14-6-7-15(12)10-11-4-2-1-3-5-11/h1-5,12,14H,6-10,13H2. The average Bonchev–Trinajstić information content (AvgIpc) is 2.31. The summed E-state index contributed by atoms with van der Waals surface area (Å²) < 4.78 is 0. The Balaban J connectivity index is 1.97. The molecule has 1 aliphatic heterocycles. The van der Waals surface area contributed by atoms with E-state index in [9.17, 15) is 0 Å². The number of piperazine rings is 1. The lowest BCUT2D eigenvalue weighted by atomic mass is 10.1. The summed E-state index contributed by atoms with van der Waals surface area (Å²) in [5.74, 6) is 0. The van der Waals surface area contributed by atoms with Crippen molar-refractivity contribution in [2.45, 2.75) is 12.6 Å². The van der Waals surface area contributed by atoms with Gasteiger partial charge in [-0.05, 0) is 5.56 Å². The third-order valence-corrected chi connectivity index (χ3v) is 2.97. The second-order valence-electron chi connectivity index (χ2n) is 4.05. The fourth-order valence-corrected chi connectivity index (χ4v) is 2.06. The highest BCUT2D eigenvalue weighted by Gasteiger charge is 2.20. The van der Waals surface area contributed by atoms with Crippen molar-refractivity contribution in [1.82, 2.24) is 10.2 Å². The van der Waals surface area contributed by atoms with Crippen LogP contribution in [0.4, 0.5) is 0 Å². The van der Waals surface area contributed by atoms with Gasteiger partial charge in [-0.1, -0.05) is 30.3 Å². The van der Waals surface area contributed by atoms with Crippen LogP contribution < -0.4 is 11.1 Å². The van der Waals surface area contributed by atoms with Gasteiger partial charge in [0.2, 0.25) is 0 Å². The molecule has 3 nitrogen and oxygen atoms in total. The zero-order valence-electron chi connectivity index (χ0n) is 9.02. The van der Waals surface area contributed by atoms with E-state index in [1.54, 1.807) is 0 Å². The highest BCUT2D eigenvalue weighted by Crippen LogP contribution is 2.09. The molecule has 0 amide bonds. The number of nitrogens with one attached hydrogen (secondary N) is 1. The zero-order chi connectivity index (χ0) is 10.5. The van der Waals surface area contributed by atoms with Gasteiger partial charge in [0.1, 0.15) is 0 Å². The van der Waals surface area contributed by atoms with E-state index >= 15 is 0 Å². The number of nitrogens with two attached hydrogens (primary N) is 1. The van der Waals surface area contributed by atoms with E-state index in [0.29, 0.717) is 6.04 Å². The van der Waals surface area contributed by atoms with E-state index in [2.05, 4.69) is 40.5 Å². The van der Waals surface area contributed by atoms with Gasteiger partial charge in [-0.2, -0.15) is 0 Å². The molecule has 1 aromatic rings. The second-order valence-corrected chi connectivity index (χ2v) is 4.05. The molecule has 2 rings (SSSR count). The molecule has 1 heterocycles. The molecule has 1 aromatic carbocycles. The van der Waals surface area contributed by atoms with Crippen LogP contribution in [0.25, 0.3) is 0 Å². The highest BCUT2D eigenvalue weighted by atomic mass is 15.2. The van der Waals surface area contributed by atoms with E-state index in [-0.39, 0.29) is 0 Å². The Morgan fingerprint density at radius 1 is 1.33 bits per heavy atom. The van der Waals surface area contributed by atoms with Gasteiger partial charge in [-0.3, -0.25) is 4.90 Å². The first kappa shape index (κ1) is 10.6. The molecule has 1 unspecified atom stereocenters. The Morgan fingerprint density at radius 3 is 2.87 bits per heavy atom. The molecule has 3 N–H and O–H groups in total. The number of rotatable bonds is 3. The molecule has 1 aliphatic rings. The lowest BCUT2D eigenvalue weighted by Gasteiger charge is -2.35. The fourth-order valence-electron chi connectivity index (χ4n) is 2.06. The van der Waals surface area contributed by atoms with Crippen molar-refractivity contribution in [2.24, 2.45) is 5.73 Å². The Hall–Kier alpha value is -0.900. The molecule has 82 valence electrons. The molecule has 1 fully saturated rings. The van der Waals surface area contributed by atoms with E-state index in [1.807, 2.05) is 0 Å². The monoisotopic (exact) mass is 205 g/mol. The zero-order valence-corrected chi connectivity index (χ0v) is 9.02. The van der Waals surface area contributed by atoms with E-state index in [4.69, 9.17) is 5.73 Å². The highest BCUT2D eigenvalue weighted by molar-refractivity contribution is 5.14. The summed E-state index contributed by atoms with van der Waals surface area (Å²) in [6.45, 7) is 4.94. The van der Waals surface area contributed by atoms with Crippen LogP contribution >= 0.6 is 0 Å². The normalized spacial score (nSPS) is 22.9. The first-order chi connectivity index (χ1) is 7.40. The van der Waals surface area contributed by atoms with Crippen LogP contribution in [0.2, 0.25) is 0 Å². The van der Waals surface area contributed by atoms with Crippen LogP contribution in [0.15, 0.2) is 30.3 Å². The fraction of sp³-hybridized carbons (Fsp3) is 0.500. The SMILES string of the molecule is NCC1CNCCN1Cc1ccccc1. The van der Waals surface area contributed by atoms with Crippen LogP contribution in [-0.2, 0) is 6.54 Å². The lowest BCUT2D eigenvalue weighted by Crippen LogP contribution is -2.53. The van der Waals surface area contributed by atoms with Crippen molar-refractivity contribution in [1.29, 1.82) is 0 Å². The van der Waals surface area contributed by atoms with Gasteiger partial charge in [-0.15, -0.1) is 0 Å². The molecular formula is C12H19N3. The maximum absolute atomic E-state index is 5.77. The quantitative estimate of drug-likeness (QED) is 0.751. The molecule has 1 atom stereocenters. The molecular weight excluding hydrogens is 186 g/mol. The summed E-state index contributed by atoms with van der Waals surface area (Å²) in [7, 11) is 0. The minimum atomic E-state index is 0.485. The van der Waals surface area contributed by atoms with Gasteiger partial charge in [0.25, 0.3) is 0 Å². The molecule has 0 saturated carbocycles. The Labute approximate surface area is 91.3 Å². The predicted octanol–water partition coefficient (Wildman–Crippen LogP) is 0.419. The molecule has 3 heteroatoms. The molecule has 0 aliphatic carbocycles. The number of hydrogen-bond donors (Lipinski definition) is 2. The second kappa shape index (κ2) is 5.26. The van der Waals surface area contributed by atoms with Crippen molar-refractivity contribution >= 4 is 0 Å². The topological polar surface area (TPSA) is 41.3 Å². The molecule has 0 radical (unpaired) electrons. The van der Waals surface area contributed by atoms with Crippen molar-refractivity contribution in [3.8, 4) is 0 Å². The van der Waals surface area contributed by atoms with E-state index < -0.39 is 0 Å². The number of hydrogen-bond acceptors (Lipinski definition) is 3. The third-order valence-electron chi connectivity index (χ3n) is 2.97. The van der Waals surface area contributed by atoms with Gasteiger partial charge in [0.15, 0.2) is 0 Å². The maximum atomic E-state index is 5.77. The Bertz CT molecular complexity index is 286. The summed E-state index contributed by atoms with van der Waals surface area (Å²) in [4.78, 5) is 2.46. The van der Waals surface area contributed by atoms with Gasteiger partial charge in [-0.25, -0.2) is 0 Å². The largest absolute Gasteiger partial charge is 0.329 e. The number of benzene rings is 1. The van der Waals surface area contributed by atoms with Crippen LogP contribution in [0.5, 0.6) is 0 Å². The average molecular weight is 205 g/mol. The summed E-state index contributed by atoms with van der Waals surface area (Å²) in [5.41, 5.74) is 7.14. The van der Waals surface area contributed by atoms with Gasteiger partial charge >= 0.3 is 0 Å². The molecule has 0 spiro atoms. The van der Waals surface area contributed by atoms with Crippen LogP contribution in [-0.4, -0.2) is 37.1 Å². The lowest BCUT2D eigenvalue weighted by molar-refractivity contribution is 0.158. The van der Waals surface area contributed by atoms with Gasteiger partial charge < -0.3 is 11.1 Å². The smallest absolute Gasteiger partial charge is 0.0347 e. The number of nitrogens with zero attached hydrogens (tertiary/aromatic N) is 1. The first-order valence-corrected chi connectivity index (χ1v) is 5.59. The van der Waals surface area contributed by atoms with Crippen molar-refractivity contribution in [2.75, 3.05) is 26.2 Å². The summed E-state index contributed by atoms with van der Waals surface area (Å²) in [6.07, 6.45) is 0. The predicted molar refractivity (Wildman–Crippen MR) is 62.6 cm³/mol. The summed E-state index contributed by atoms with van der Waals surface area (Å²) >= 11 is 0. The van der Waals surface area contributed by atoms with E-state index in [1.165, 1.54) is 5.56 Å². The maximum Gasteiger partial charge on any atom is 0.0347 e.